The van der Waals surface area contributed by atoms with Crippen molar-refractivity contribution in [2.45, 2.75) is 25.6 Å². The first kappa shape index (κ1) is 9.49. The van der Waals surface area contributed by atoms with Crippen molar-refractivity contribution in [2.24, 2.45) is 5.92 Å². The molecule has 2 atom stereocenters. The molecule has 0 spiro atoms. The van der Waals surface area contributed by atoms with Gasteiger partial charge >= 0.3 is 0 Å². The maximum atomic E-state index is 9.49. The van der Waals surface area contributed by atoms with Crippen molar-refractivity contribution in [3.8, 4) is 0 Å². The molecule has 0 aromatic heterocycles. The largest absolute Gasteiger partial charge is 0.399 e. The van der Waals surface area contributed by atoms with Gasteiger partial charge in [-0.2, -0.15) is 0 Å². The molecule has 1 aliphatic carbocycles. The third-order valence-electron chi connectivity index (χ3n) is 3.18. The molecule has 0 heterocycles. The van der Waals surface area contributed by atoms with Crippen molar-refractivity contribution in [1.82, 2.24) is 0 Å². The Balaban J connectivity index is 2.32. The number of nitrogens with two attached hydrogens (primary N) is 1. The van der Waals surface area contributed by atoms with Gasteiger partial charge < -0.3 is 15.9 Å². The summed E-state index contributed by atoms with van der Waals surface area (Å²) in [6, 6.07) is 5.64. The van der Waals surface area contributed by atoms with E-state index in [1.165, 1.54) is 0 Å². The van der Waals surface area contributed by atoms with Gasteiger partial charge in [-0.3, -0.25) is 0 Å². The molecule has 1 aliphatic rings. The van der Waals surface area contributed by atoms with Crippen LogP contribution < -0.4 is 5.73 Å². The molecular weight excluding hydrogens is 178 g/mol. The van der Waals surface area contributed by atoms with E-state index in [1.54, 1.807) is 0 Å². The number of aryl methyl sites for hydroxylation is 1. The van der Waals surface area contributed by atoms with Gasteiger partial charge in [0.15, 0.2) is 5.79 Å². The molecule has 0 saturated heterocycles. The average Bonchev–Trinajstić information content (AvgIpc) is 2.58. The van der Waals surface area contributed by atoms with Crippen LogP contribution in [0.2, 0.25) is 0 Å². The zero-order valence-corrected chi connectivity index (χ0v) is 8.36. The third-order valence-corrected chi connectivity index (χ3v) is 3.18. The van der Waals surface area contributed by atoms with Crippen LogP contribution in [-0.4, -0.2) is 16.0 Å². The van der Waals surface area contributed by atoms with Gasteiger partial charge in [-0.05, 0) is 24.1 Å². The molecule has 1 saturated carbocycles. The monoisotopic (exact) mass is 193 g/mol. The Bertz CT molecular complexity index is 374. The number of benzene rings is 1. The van der Waals surface area contributed by atoms with E-state index in [9.17, 15) is 10.2 Å². The Hall–Kier alpha value is -1.06. The third kappa shape index (κ3) is 1.21. The summed E-state index contributed by atoms with van der Waals surface area (Å²) < 4.78 is 0. The van der Waals surface area contributed by atoms with E-state index < -0.39 is 5.79 Å². The summed E-state index contributed by atoms with van der Waals surface area (Å²) in [6.07, 6.45) is 0. The average molecular weight is 193 g/mol. The fraction of sp³-hybridized carbons (Fsp3) is 0.455. The number of nitrogen functional groups attached to an aromatic ring is 1. The first-order valence-electron chi connectivity index (χ1n) is 4.75. The molecule has 2 rings (SSSR count). The summed E-state index contributed by atoms with van der Waals surface area (Å²) in [5.74, 6) is -1.84. The van der Waals surface area contributed by atoms with Crippen LogP contribution in [0.1, 0.15) is 24.0 Å². The number of rotatable bonds is 1. The van der Waals surface area contributed by atoms with Gasteiger partial charge in [-0.1, -0.05) is 19.1 Å². The van der Waals surface area contributed by atoms with E-state index in [-0.39, 0.29) is 11.8 Å². The fourth-order valence-corrected chi connectivity index (χ4v) is 1.91. The second-order valence-electron chi connectivity index (χ2n) is 4.17. The van der Waals surface area contributed by atoms with E-state index >= 15 is 0 Å². The number of aliphatic hydroxyl groups is 2. The fourth-order valence-electron chi connectivity index (χ4n) is 1.91. The minimum absolute atomic E-state index is 0.107. The second-order valence-corrected chi connectivity index (χ2v) is 4.17. The Kier molecular flexibility index (Phi) is 1.84. The maximum absolute atomic E-state index is 9.49. The molecule has 3 nitrogen and oxygen atoms in total. The van der Waals surface area contributed by atoms with Crippen LogP contribution in [0.4, 0.5) is 5.69 Å². The lowest BCUT2D eigenvalue weighted by molar-refractivity contribution is -0.0847. The van der Waals surface area contributed by atoms with E-state index in [0.717, 1.165) is 11.1 Å². The molecule has 0 radical (unpaired) electrons. The van der Waals surface area contributed by atoms with Crippen LogP contribution in [0.5, 0.6) is 0 Å². The van der Waals surface area contributed by atoms with Crippen LogP contribution in [0.25, 0.3) is 0 Å². The molecule has 0 amide bonds. The van der Waals surface area contributed by atoms with Gasteiger partial charge in [0.2, 0.25) is 0 Å². The Morgan fingerprint density at radius 3 is 2.36 bits per heavy atom. The number of hydrogen-bond acceptors (Lipinski definition) is 3. The van der Waals surface area contributed by atoms with Crippen molar-refractivity contribution >= 4 is 5.69 Å². The Morgan fingerprint density at radius 1 is 1.36 bits per heavy atom. The second kappa shape index (κ2) is 2.72. The Morgan fingerprint density at radius 2 is 1.93 bits per heavy atom. The highest BCUT2D eigenvalue weighted by Crippen LogP contribution is 2.55. The molecule has 76 valence electrons. The van der Waals surface area contributed by atoms with Gasteiger partial charge in [0.25, 0.3) is 0 Å². The van der Waals surface area contributed by atoms with Crippen molar-refractivity contribution in [1.29, 1.82) is 0 Å². The zero-order chi connectivity index (χ0) is 10.5. The molecule has 4 N–H and O–H groups in total. The first-order valence-corrected chi connectivity index (χ1v) is 4.75. The molecular formula is C11H15NO2. The predicted octanol–water partition coefficient (Wildman–Crippen LogP) is 0.991. The van der Waals surface area contributed by atoms with Gasteiger partial charge in [0, 0.05) is 17.5 Å². The topological polar surface area (TPSA) is 66.5 Å². The summed E-state index contributed by atoms with van der Waals surface area (Å²) in [5.41, 5.74) is 8.39. The van der Waals surface area contributed by atoms with Crippen molar-refractivity contribution in [2.75, 3.05) is 5.73 Å². The van der Waals surface area contributed by atoms with E-state index in [1.807, 2.05) is 32.0 Å². The van der Waals surface area contributed by atoms with Crippen LogP contribution in [0.3, 0.4) is 0 Å². The van der Waals surface area contributed by atoms with Gasteiger partial charge in [0.05, 0.1) is 0 Å². The number of hydrogen-bond donors (Lipinski definition) is 3. The highest BCUT2D eigenvalue weighted by molar-refractivity contribution is 5.50. The van der Waals surface area contributed by atoms with Crippen molar-refractivity contribution in [3.63, 3.8) is 0 Å². The molecule has 0 aliphatic heterocycles. The van der Waals surface area contributed by atoms with Crippen LogP contribution >= 0.6 is 0 Å². The maximum Gasteiger partial charge on any atom is 0.173 e. The summed E-state index contributed by atoms with van der Waals surface area (Å²) in [5, 5.41) is 19.0. The quantitative estimate of drug-likeness (QED) is 0.460. The van der Waals surface area contributed by atoms with Crippen molar-refractivity contribution in [3.05, 3.63) is 29.3 Å². The number of anilines is 1. The smallest absolute Gasteiger partial charge is 0.173 e. The molecule has 0 unspecified atom stereocenters. The van der Waals surface area contributed by atoms with E-state index in [0.29, 0.717) is 5.69 Å². The molecule has 14 heavy (non-hydrogen) atoms. The molecule has 0 bridgehead atoms. The van der Waals surface area contributed by atoms with Crippen molar-refractivity contribution < 1.29 is 10.2 Å². The van der Waals surface area contributed by atoms with Crippen LogP contribution in [0, 0.1) is 12.8 Å². The summed E-state index contributed by atoms with van der Waals surface area (Å²) >= 11 is 0. The predicted molar refractivity (Wildman–Crippen MR) is 54.7 cm³/mol. The minimum atomic E-state index is -1.54. The molecule has 1 aromatic rings. The van der Waals surface area contributed by atoms with Crippen LogP contribution in [-0.2, 0) is 0 Å². The lowest BCUT2D eigenvalue weighted by Gasteiger charge is -2.05. The van der Waals surface area contributed by atoms with Gasteiger partial charge in [-0.15, -0.1) is 0 Å². The SMILES string of the molecule is Cc1ccc([C@H]2[C@@H](C)C2(O)O)cc1N. The normalized spacial score (nSPS) is 28.9. The summed E-state index contributed by atoms with van der Waals surface area (Å²) in [6.45, 7) is 3.75. The first-order chi connectivity index (χ1) is 6.44. The molecule has 1 fully saturated rings. The summed E-state index contributed by atoms with van der Waals surface area (Å²) in [4.78, 5) is 0. The van der Waals surface area contributed by atoms with Gasteiger partial charge in [-0.25, -0.2) is 0 Å². The van der Waals surface area contributed by atoms with E-state index in [4.69, 9.17) is 5.73 Å². The summed E-state index contributed by atoms with van der Waals surface area (Å²) in [7, 11) is 0. The van der Waals surface area contributed by atoms with Crippen LogP contribution in [0.15, 0.2) is 18.2 Å². The minimum Gasteiger partial charge on any atom is -0.399 e. The highest BCUT2D eigenvalue weighted by Gasteiger charge is 2.61. The van der Waals surface area contributed by atoms with Gasteiger partial charge in [0.1, 0.15) is 0 Å². The molecule has 3 heteroatoms. The Labute approximate surface area is 83.2 Å². The lowest BCUT2D eigenvalue weighted by atomic mass is 10.1. The lowest BCUT2D eigenvalue weighted by Crippen LogP contribution is -2.09. The highest BCUT2D eigenvalue weighted by atomic mass is 16.5. The van der Waals surface area contributed by atoms with E-state index in [2.05, 4.69) is 0 Å². The zero-order valence-electron chi connectivity index (χ0n) is 8.36. The standard InChI is InChI=1S/C11H15NO2/c1-6-3-4-8(5-9(6)12)10-7(2)11(10,13)14/h3-5,7,10,13-14H,12H2,1-2H3/t7-,10-/m1/s1. The molecule has 1 aromatic carbocycles.